The summed E-state index contributed by atoms with van der Waals surface area (Å²) in [5, 5.41) is 6.66. The Labute approximate surface area is 148 Å². The van der Waals surface area contributed by atoms with E-state index in [0.717, 1.165) is 34.1 Å². The van der Waals surface area contributed by atoms with Crippen molar-refractivity contribution in [2.24, 2.45) is 5.92 Å². The Morgan fingerprint density at radius 3 is 2.56 bits per heavy atom. The number of aromatic nitrogens is 2. The molecule has 3 aromatic rings. The summed E-state index contributed by atoms with van der Waals surface area (Å²) in [6.45, 7) is 8.22. The summed E-state index contributed by atoms with van der Waals surface area (Å²) < 4.78 is 7.19. The molecule has 0 bridgehead atoms. The summed E-state index contributed by atoms with van der Waals surface area (Å²) >= 11 is 0. The molecule has 4 nitrogen and oxygen atoms in total. The molecule has 0 spiro atoms. The van der Waals surface area contributed by atoms with Crippen LogP contribution in [0, 0.1) is 19.8 Å². The average Bonchev–Trinajstić information content (AvgIpc) is 2.87. The van der Waals surface area contributed by atoms with E-state index in [4.69, 9.17) is 4.74 Å². The van der Waals surface area contributed by atoms with E-state index in [0.29, 0.717) is 11.7 Å². The molecule has 0 aliphatic carbocycles. The van der Waals surface area contributed by atoms with Crippen molar-refractivity contribution >= 4 is 16.7 Å². The Morgan fingerprint density at radius 1 is 1.12 bits per heavy atom. The van der Waals surface area contributed by atoms with Crippen LogP contribution in [0.25, 0.3) is 10.8 Å². The molecule has 0 saturated heterocycles. The van der Waals surface area contributed by atoms with E-state index in [1.54, 1.807) is 0 Å². The zero-order valence-electron chi connectivity index (χ0n) is 15.2. The van der Waals surface area contributed by atoms with Gasteiger partial charge >= 0.3 is 0 Å². The van der Waals surface area contributed by atoms with Crippen LogP contribution in [0.15, 0.2) is 42.5 Å². The van der Waals surface area contributed by atoms with Gasteiger partial charge < -0.3 is 4.74 Å². The second-order valence-electron chi connectivity index (χ2n) is 6.85. The molecule has 0 amide bonds. The van der Waals surface area contributed by atoms with Crippen molar-refractivity contribution < 1.29 is 9.53 Å². The predicted molar refractivity (Wildman–Crippen MR) is 100 cm³/mol. The standard InChI is InChI=1S/C21H24N2O2/c1-14(2)11-20-15(3)22-23(16(20)4)21(24)13-25-19-10-9-17-7-5-6-8-18(17)12-19/h5-10,12,14H,11,13H2,1-4H3. The largest absolute Gasteiger partial charge is 0.484 e. The first kappa shape index (κ1) is 17.2. The van der Waals surface area contributed by atoms with E-state index >= 15 is 0 Å². The van der Waals surface area contributed by atoms with Gasteiger partial charge in [0.05, 0.1) is 5.69 Å². The fourth-order valence-electron chi connectivity index (χ4n) is 3.08. The smallest absolute Gasteiger partial charge is 0.284 e. The molecule has 0 aliphatic heterocycles. The monoisotopic (exact) mass is 336 g/mol. The molecule has 0 unspecified atom stereocenters. The second kappa shape index (κ2) is 7.09. The molecule has 2 aromatic carbocycles. The molecule has 0 saturated carbocycles. The highest BCUT2D eigenvalue weighted by atomic mass is 16.5. The highest BCUT2D eigenvalue weighted by Crippen LogP contribution is 2.21. The molecule has 3 rings (SSSR count). The molecular formula is C21H24N2O2. The van der Waals surface area contributed by atoms with Gasteiger partial charge in [0.1, 0.15) is 5.75 Å². The van der Waals surface area contributed by atoms with Gasteiger partial charge in [0, 0.05) is 5.69 Å². The van der Waals surface area contributed by atoms with Gasteiger partial charge in [-0.2, -0.15) is 5.10 Å². The number of hydrogen-bond acceptors (Lipinski definition) is 3. The van der Waals surface area contributed by atoms with Crippen molar-refractivity contribution in [3.05, 3.63) is 59.4 Å². The number of carbonyl (C=O) groups excluding carboxylic acids is 1. The van der Waals surface area contributed by atoms with Gasteiger partial charge in [-0.25, -0.2) is 4.68 Å². The van der Waals surface area contributed by atoms with Crippen LogP contribution in [0.5, 0.6) is 5.75 Å². The summed E-state index contributed by atoms with van der Waals surface area (Å²) in [5.74, 6) is 1.07. The number of ether oxygens (including phenoxy) is 1. The van der Waals surface area contributed by atoms with E-state index in [9.17, 15) is 4.79 Å². The fraction of sp³-hybridized carbons (Fsp3) is 0.333. The zero-order chi connectivity index (χ0) is 18.0. The maximum Gasteiger partial charge on any atom is 0.284 e. The number of carbonyl (C=O) groups is 1. The molecule has 4 heteroatoms. The topological polar surface area (TPSA) is 44.1 Å². The summed E-state index contributed by atoms with van der Waals surface area (Å²) in [7, 11) is 0. The van der Waals surface area contributed by atoms with Gasteiger partial charge in [-0.3, -0.25) is 4.79 Å². The Balaban J connectivity index is 1.73. The first-order valence-electron chi connectivity index (χ1n) is 8.65. The highest BCUT2D eigenvalue weighted by molar-refractivity contribution is 5.84. The average molecular weight is 336 g/mol. The Kier molecular flexibility index (Phi) is 4.88. The van der Waals surface area contributed by atoms with E-state index in [2.05, 4.69) is 25.0 Å². The van der Waals surface area contributed by atoms with Crippen molar-refractivity contribution in [3.8, 4) is 5.75 Å². The van der Waals surface area contributed by atoms with Gasteiger partial charge in [0.25, 0.3) is 5.91 Å². The first-order valence-corrected chi connectivity index (χ1v) is 8.65. The summed E-state index contributed by atoms with van der Waals surface area (Å²) in [6.07, 6.45) is 0.927. The maximum absolute atomic E-state index is 12.5. The van der Waals surface area contributed by atoms with Crippen LogP contribution in [0.3, 0.4) is 0 Å². The molecule has 0 fully saturated rings. The van der Waals surface area contributed by atoms with Crippen molar-refractivity contribution in [2.45, 2.75) is 34.1 Å². The van der Waals surface area contributed by atoms with Crippen molar-refractivity contribution in [1.82, 2.24) is 9.78 Å². The second-order valence-corrected chi connectivity index (χ2v) is 6.85. The summed E-state index contributed by atoms with van der Waals surface area (Å²) in [6, 6.07) is 13.9. The predicted octanol–water partition coefficient (Wildman–Crippen LogP) is 4.57. The van der Waals surface area contributed by atoms with Crippen molar-refractivity contribution in [3.63, 3.8) is 0 Å². The highest BCUT2D eigenvalue weighted by Gasteiger charge is 2.17. The Morgan fingerprint density at radius 2 is 1.84 bits per heavy atom. The van der Waals surface area contributed by atoms with E-state index in [1.807, 2.05) is 50.2 Å². The van der Waals surface area contributed by atoms with Crippen molar-refractivity contribution in [1.29, 1.82) is 0 Å². The van der Waals surface area contributed by atoms with Gasteiger partial charge in [0.15, 0.2) is 6.61 Å². The number of fused-ring (bicyclic) bond motifs is 1. The van der Waals surface area contributed by atoms with Crippen molar-refractivity contribution in [2.75, 3.05) is 6.61 Å². The van der Waals surface area contributed by atoms with Gasteiger partial charge in [-0.1, -0.05) is 44.2 Å². The maximum atomic E-state index is 12.5. The number of aryl methyl sites for hydroxylation is 1. The van der Waals surface area contributed by atoms with Crippen LogP contribution >= 0.6 is 0 Å². The van der Waals surface area contributed by atoms with E-state index < -0.39 is 0 Å². The molecule has 0 radical (unpaired) electrons. The number of nitrogens with zero attached hydrogens (tertiary/aromatic N) is 2. The van der Waals surface area contributed by atoms with E-state index in [-0.39, 0.29) is 12.5 Å². The van der Waals surface area contributed by atoms with Crippen LogP contribution in [0.1, 0.15) is 35.6 Å². The third-order valence-corrected chi connectivity index (χ3v) is 4.37. The fourth-order valence-corrected chi connectivity index (χ4v) is 3.08. The quantitative estimate of drug-likeness (QED) is 0.685. The first-order chi connectivity index (χ1) is 12.0. The minimum Gasteiger partial charge on any atom is -0.484 e. The molecule has 0 N–H and O–H groups in total. The number of rotatable bonds is 5. The van der Waals surface area contributed by atoms with Gasteiger partial charge in [-0.15, -0.1) is 0 Å². The van der Waals surface area contributed by atoms with Gasteiger partial charge in [-0.05, 0) is 54.7 Å². The minimum absolute atomic E-state index is 0.0264. The van der Waals surface area contributed by atoms with E-state index in [1.165, 1.54) is 4.68 Å². The molecule has 0 aliphatic rings. The molecule has 25 heavy (non-hydrogen) atoms. The molecular weight excluding hydrogens is 312 g/mol. The van der Waals surface area contributed by atoms with Gasteiger partial charge in [0.2, 0.25) is 0 Å². The van der Waals surface area contributed by atoms with Crippen LogP contribution in [0.4, 0.5) is 0 Å². The SMILES string of the molecule is Cc1nn(C(=O)COc2ccc3ccccc3c2)c(C)c1CC(C)C. The summed E-state index contributed by atoms with van der Waals surface area (Å²) in [4.78, 5) is 12.5. The van der Waals surface area contributed by atoms with Crippen LogP contribution < -0.4 is 4.74 Å². The normalized spacial score (nSPS) is 11.2. The zero-order valence-corrected chi connectivity index (χ0v) is 15.2. The van der Waals surface area contributed by atoms with Crippen LogP contribution in [-0.4, -0.2) is 22.3 Å². The molecule has 1 heterocycles. The lowest BCUT2D eigenvalue weighted by molar-refractivity contribution is 0.0818. The number of benzene rings is 2. The lowest BCUT2D eigenvalue weighted by Crippen LogP contribution is -2.21. The molecule has 130 valence electrons. The summed E-state index contributed by atoms with van der Waals surface area (Å²) in [5.41, 5.74) is 3.00. The third-order valence-electron chi connectivity index (χ3n) is 4.37. The lowest BCUT2D eigenvalue weighted by Gasteiger charge is -2.08. The Bertz CT molecular complexity index is 909. The third kappa shape index (κ3) is 3.73. The van der Waals surface area contributed by atoms with Crippen LogP contribution in [-0.2, 0) is 6.42 Å². The minimum atomic E-state index is -0.149. The number of hydrogen-bond donors (Lipinski definition) is 0. The lowest BCUT2D eigenvalue weighted by atomic mass is 10.0. The Hall–Kier alpha value is -2.62. The van der Waals surface area contributed by atoms with Crippen LogP contribution in [0.2, 0.25) is 0 Å². The molecule has 1 aromatic heterocycles. The molecule has 0 atom stereocenters.